The van der Waals surface area contributed by atoms with Crippen LogP contribution in [0.3, 0.4) is 0 Å². The van der Waals surface area contributed by atoms with Crippen LogP contribution in [-0.2, 0) is 0 Å². The molecule has 3 aromatic rings. The van der Waals surface area contributed by atoms with Gasteiger partial charge in [-0.15, -0.1) is 0 Å². The van der Waals surface area contributed by atoms with Gasteiger partial charge >= 0.3 is 6.03 Å². The Balaban J connectivity index is 1.10. The van der Waals surface area contributed by atoms with Crippen LogP contribution in [0.25, 0.3) is 0 Å². The number of nitrogens with zero attached hydrogens (tertiary/aromatic N) is 3. The van der Waals surface area contributed by atoms with Crippen LogP contribution in [0.15, 0.2) is 65.6 Å². The van der Waals surface area contributed by atoms with Crippen LogP contribution in [-0.4, -0.2) is 52.9 Å². The molecule has 3 amide bonds. The number of benzene rings is 1. The van der Waals surface area contributed by atoms with Crippen LogP contribution < -0.4 is 5.32 Å². The molecule has 7 heteroatoms. The van der Waals surface area contributed by atoms with E-state index in [1.807, 2.05) is 51.0 Å². The van der Waals surface area contributed by atoms with Crippen molar-refractivity contribution in [1.29, 1.82) is 0 Å². The molecule has 0 radical (unpaired) electrons. The number of hydrogen-bond acceptors (Lipinski definition) is 4. The van der Waals surface area contributed by atoms with Crippen LogP contribution in [0.5, 0.6) is 0 Å². The number of piperidine rings is 1. The lowest BCUT2D eigenvalue weighted by Crippen LogP contribution is -2.50. The van der Waals surface area contributed by atoms with Gasteiger partial charge in [0.1, 0.15) is 0 Å². The number of rotatable bonds is 4. The number of aromatic nitrogens is 1. The van der Waals surface area contributed by atoms with Crippen LogP contribution >= 0.6 is 11.3 Å². The summed E-state index contributed by atoms with van der Waals surface area (Å²) in [4.78, 5) is 33.0. The molecule has 0 spiro atoms. The maximum absolute atomic E-state index is 12.5. The van der Waals surface area contributed by atoms with E-state index in [1.54, 1.807) is 17.5 Å². The second-order valence-electron chi connectivity index (χ2n) is 8.52. The molecule has 0 atom stereocenters. The quantitative estimate of drug-likeness (QED) is 0.626. The van der Waals surface area contributed by atoms with E-state index in [9.17, 15) is 9.59 Å². The molecule has 0 bridgehead atoms. The minimum absolute atomic E-state index is 0.0573. The fourth-order valence-corrected chi connectivity index (χ4v) is 5.13. The molecule has 6 nitrogen and oxygen atoms in total. The highest BCUT2D eigenvalue weighted by molar-refractivity contribution is 7.08. The van der Waals surface area contributed by atoms with E-state index < -0.39 is 0 Å². The van der Waals surface area contributed by atoms with Crippen molar-refractivity contribution in [2.75, 3.05) is 31.5 Å². The first kappa shape index (κ1) is 20.7. The zero-order valence-electron chi connectivity index (χ0n) is 17.8. The predicted octanol–water partition coefficient (Wildman–Crippen LogP) is 4.79. The molecule has 1 aromatic carbocycles. The maximum Gasteiger partial charge on any atom is 0.321 e. The molecule has 0 saturated carbocycles. The molecule has 4 heterocycles. The van der Waals surface area contributed by atoms with Gasteiger partial charge in [0.15, 0.2) is 0 Å². The monoisotopic (exact) mass is 446 g/mol. The van der Waals surface area contributed by atoms with Gasteiger partial charge in [0.2, 0.25) is 0 Å². The number of hydrogen-bond donors (Lipinski definition) is 1. The van der Waals surface area contributed by atoms with E-state index in [0.717, 1.165) is 50.3 Å². The summed E-state index contributed by atoms with van der Waals surface area (Å²) in [5.74, 6) is 0.954. The van der Waals surface area contributed by atoms with Gasteiger partial charge in [-0.25, -0.2) is 4.79 Å². The van der Waals surface area contributed by atoms with E-state index in [4.69, 9.17) is 0 Å². The summed E-state index contributed by atoms with van der Waals surface area (Å²) in [5.41, 5.74) is 4.06. The molecule has 0 unspecified atom stereocenters. The molecule has 2 aromatic heterocycles. The van der Waals surface area contributed by atoms with E-state index >= 15 is 0 Å². The van der Waals surface area contributed by atoms with Crippen molar-refractivity contribution in [2.24, 2.45) is 0 Å². The fraction of sp³-hybridized carbons (Fsp3) is 0.320. The number of urea groups is 1. The second kappa shape index (κ2) is 9.12. The van der Waals surface area contributed by atoms with Gasteiger partial charge in [0, 0.05) is 55.6 Å². The summed E-state index contributed by atoms with van der Waals surface area (Å²) in [6.45, 7) is 3.01. The van der Waals surface area contributed by atoms with Gasteiger partial charge in [0.25, 0.3) is 5.91 Å². The van der Waals surface area contributed by atoms with Crippen molar-refractivity contribution >= 4 is 29.0 Å². The van der Waals surface area contributed by atoms with Crippen LogP contribution in [0.4, 0.5) is 10.5 Å². The Morgan fingerprint density at radius 2 is 1.72 bits per heavy atom. The van der Waals surface area contributed by atoms with E-state index in [1.165, 1.54) is 11.1 Å². The first-order valence-electron chi connectivity index (χ1n) is 11.0. The Bertz CT molecular complexity index is 1060. The molecule has 2 fully saturated rings. The van der Waals surface area contributed by atoms with Crippen LogP contribution in [0.1, 0.15) is 46.2 Å². The number of thiophene rings is 1. The number of amides is 3. The Labute approximate surface area is 191 Å². The van der Waals surface area contributed by atoms with Gasteiger partial charge in [-0.3, -0.25) is 9.78 Å². The molecule has 164 valence electrons. The lowest BCUT2D eigenvalue weighted by molar-refractivity contribution is 0.0713. The number of nitrogens with one attached hydrogen (secondary N) is 1. The van der Waals surface area contributed by atoms with Crippen molar-refractivity contribution in [2.45, 2.75) is 24.7 Å². The number of pyridine rings is 1. The van der Waals surface area contributed by atoms with E-state index in [2.05, 4.69) is 28.5 Å². The minimum Gasteiger partial charge on any atom is -0.339 e. The minimum atomic E-state index is -0.0573. The van der Waals surface area contributed by atoms with Crippen LogP contribution in [0.2, 0.25) is 0 Å². The maximum atomic E-state index is 12.5. The number of likely N-dealkylation sites (tertiary alicyclic amines) is 2. The Hall–Kier alpha value is -3.19. The Morgan fingerprint density at radius 3 is 2.38 bits per heavy atom. The normalized spacial score (nSPS) is 17.1. The summed E-state index contributed by atoms with van der Waals surface area (Å²) in [6, 6.07) is 14.0. The van der Waals surface area contributed by atoms with Crippen LogP contribution in [0, 0.1) is 0 Å². The molecular weight excluding hydrogens is 420 g/mol. The van der Waals surface area contributed by atoms with Gasteiger partial charge in [-0.1, -0.05) is 18.2 Å². The largest absolute Gasteiger partial charge is 0.339 e. The molecule has 1 N–H and O–H groups in total. The average Bonchev–Trinajstić information content (AvgIpc) is 3.34. The molecule has 5 rings (SSSR count). The van der Waals surface area contributed by atoms with E-state index in [-0.39, 0.29) is 11.9 Å². The molecular formula is C25H26N4O2S. The van der Waals surface area contributed by atoms with Crippen molar-refractivity contribution in [3.05, 3.63) is 82.3 Å². The van der Waals surface area contributed by atoms with Crippen molar-refractivity contribution in [3.63, 3.8) is 0 Å². The first-order valence-corrected chi connectivity index (χ1v) is 12.0. The van der Waals surface area contributed by atoms with Gasteiger partial charge in [0.05, 0.1) is 5.56 Å². The van der Waals surface area contributed by atoms with Crippen molar-refractivity contribution in [3.8, 4) is 0 Å². The highest BCUT2D eigenvalue weighted by atomic mass is 32.1. The highest BCUT2D eigenvalue weighted by Crippen LogP contribution is 2.30. The predicted molar refractivity (Wildman–Crippen MR) is 126 cm³/mol. The smallest absolute Gasteiger partial charge is 0.321 e. The SMILES string of the molecule is O=C(Nc1ccc(C2CCN(C(=O)c3ccsc3)CC2)cc1)N1CC(c2cccnc2)C1. The van der Waals surface area contributed by atoms with Gasteiger partial charge in [-0.2, -0.15) is 11.3 Å². The molecule has 2 aliphatic heterocycles. The summed E-state index contributed by atoms with van der Waals surface area (Å²) >= 11 is 1.56. The summed E-state index contributed by atoms with van der Waals surface area (Å²) in [5, 5.41) is 6.87. The van der Waals surface area contributed by atoms with Crippen molar-refractivity contribution < 1.29 is 9.59 Å². The number of anilines is 1. The van der Waals surface area contributed by atoms with Gasteiger partial charge < -0.3 is 15.1 Å². The topological polar surface area (TPSA) is 65.5 Å². The second-order valence-corrected chi connectivity index (χ2v) is 9.30. The summed E-state index contributed by atoms with van der Waals surface area (Å²) < 4.78 is 0. The lowest BCUT2D eigenvalue weighted by atomic mass is 9.89. The third kappa shape index (κ3) is 4.39. The molecule has 32 heavy (non-hydrogen) atoms. The molecule has 2 saturated heterocycles. The summed E-state index contributed by atoms with van der Waals surface area (Å²) in [6.07, 6.45) is 5.57. The summed E-state index contributed by atoms with van der Waals surface area (Å²) in [7, 11) is 0. The highest BCUT2D eigenvalue weighted by Gasteiger charge is 2.32. The van der Waals surface area contributed by atoms with Gasteiger partial charge in [-0.05, 0) is 59.5 Å². The van der Waals surface area contributed by atoms with Crippen molar-refractivity contribution in [1.82, 2.24) is 14.8 Å². The third-order valence-electron chi connectivity index (χ3n) is 6.51. The zero-order chi connectivity index (χ0) is 21.9. The van der Waals surface area contributed by atoms with E-state index in [0.29, 0.717) is 11.8 Å². The number of carbonyl (C=O) groups is 2. The average molecular weight is 447 g/mol. The molecule has 0 aliphatic carbocycles. The third-order valence-corrected chi connectivity index (χ3v) is 7.19. The Kier molecular flexibility index (Phi) is 5.90. The zero-order valence-corrected chi connectivity index (χ0v) is 18.6. The molecule has 2 aliphatic rings. The standard InChI is InChI=1S/C25H26N4O2S/c30-24(21-9-13-32-17-21)28-11-7-19(8-12-28)18-3-5-23(6-4-18)27-25(31)29-15-22(16-29)20-2-1-10-26-14-20/h1-6,9-10,13-14,17,19,22H,7-8,11-12,15-16H2,(H,27,31). The first-order chi connectivity index (χ1) is 15.7. The lowest BCUT2D eigenvalue weighted by Gasteiger charge is -2.39. The fourth-order valence-electron chi connectivity index (χ4n) is 4.50. The number of carbonyl (C=O) groups excluding carboxylic acids is 2. The Morgan fingerprint density at radius 1 is 0.938 bits per heavy atom.